The number of esters is 2. The molecule has 0 aromatic rings. The predicted octanol–water partition coefficient (Wildman–Crippen LogP) is 7.50. The van der Waals surface area contributed by atoms with E-state index in [1.165, 1.54) is 44.6 Å². The Morgan fingerprint density at radius 1 is 1.00 bits per heavy atom. The van der Waals surface area contributed by atoms with Crippen molar-refractivity contribution in [1.29, 1.82) is 0 Å². The van der Waals surface area contributed by atoms with Crippen molar-refractivity contribution in [1.82, 2.24) is 0 Å². The minimum atomic E-state index is -0.155. The summed E-state index contributed by atoms with van der Waals surface area (Å²) in [5.41, 5.74) is 2.00. The summed E-state index contributed by atoms with van der Waals surface area (Å²) in [6, 6.07) is 0. The van der Waals surface area contributed by atoms with E-state index in [1.807, 2.05) is 0 Å². The van der Waals surface area contributed by atoms with Crippen LogP contribution in [0.25, 0.3) is 0 Å². The lowest BCUT2D eigenvalue weighted by Gasteiger charge is -2.58. The van der Waals surface area contributed by atoms with Crippen molar-refractivity contribution in [2.24, 2.45) is 46.3 Å². The van der Waals surface area contributed by atoms with E-state index in [9.17, 15) is 9.59 Å². The molecule has 0 aromatic heterocycles. The fourth-order valence-electron chi connectivity index (χ4n) is 9.37. The first-order valence-electron chi connectivity index (χ1n) is 14.5. The summed E-state index contributed by atoms with van der Waals surface area (Å²) in [4.78, 5) is 23.7. The summed E-state index contributed by atoms with van der Waals surface area (Å²) in [6.07, 6.45) is 14.1. The van der Waals surface area contributed by atoms with Gasteiger partial charge in [0.05, 0.1) is 0 Å². The highest BCUT2D eigenvalue weighted by Crippen LogP contribution is 2.67. The molecule has 4 aliphatic carbocycles. The van der Waals surface area contributed by atoms with E-state index in [-0.39, 0.29) is 35.0 Å². The van der Waals surface area contributed by atoms with Crippen LogP contribution in [0.2, 0.25) is 0 Å². The van der Waals surface area contributed by atoms with Crippen molar-refractivity contribution in [3.8, 4) is 0 Å². The summed E-state index contributed by atoms with van der Waals surface area (Å²) < 4.78 is 11.7. The Morgan fingerprint density at radius 3 is 2.37 bits per heavy atom. The van der Waals surface area contributed by atoms with Crippen molar-refractivity contribution in [2.75, 3.05) is 0 Å². The van der Waals surface area contributed by atoms with E-state index in [4.69, 9.17) is 9.47 Å². The maximum Gasteiger partial charge on any atom is 0.302 e. The van der Waals surface area contributed by atoms with Crippen LogP contribution in [0.5, 0.6) is 0 Å². The first-order chi connectivity index (χ1) is 16.5. The van der Waals surface area contributed by atoms with Crippen molar-refractivity contribution >= 4 is 11.9 Å². The fraction of sp³-hybridized carbons (Fsp3) is 0.871. The number of rotatable bonds is 7. The molecule has 0 aromatic carbocycles. The van der Waals surface area contributed by atoms with Gasteiger partial charge in [-0.3, -0.25) is 9.59 Å². The predicted molar refractivity (Wildman–Crippen MR) is 140 cm³/mol. The van der Waals surface area contributed by atoms with Gasteiger partial charge in [0, 0.05) is 26.2 Å². The highest BCUT2D eigenvalue weighted by Gasteiger charge is 2.62. The minimum Gasteiger partial charge on any atom is -0.462 e. The Labute approximate surface area is 214 Å². The maximum atomic E-state index is 12.1. The molecule has 0 aliphatic heterocycles. The van der Waals surface area contributed by atoms with Gasteiger partial charge >= 0.3 is 11.9 Å². The molecule has 4 aliphatic rings. The lowest BCUT2D eigenvalue weighted by molar-refractivity contribution is -0.151. The Kier molecular flexibility index (Phi) is 7.80. The number of allylic oxidation sites excluding steroid dienone is 1. The van der Waals surface area contributed by atoms with E-state index in [2.05, 4.69) is 40.7 Å². The molecular formula is C31H50O4. The lowest BCUT2D eigenvalue weighted by atomic mass is 9.47. The summed E-state index contributed by atoms with van der Waals surface area (Å²) in [6.45, 7) is 15.2. The molecule has 3 saturated carbocycles. The first-order valence-corrected chi connectivity index (χ1v) is 14.5. The molecule has 0 amide bonds. The number of carbonyl (C=O) groups excluding carboxylic acids is 2. The SMILES string of the molecule is CC(=O)OC1CC[C@@]2(C)C(=CC[C@H]3[C@@H]4CC(OC(C)=O)[C@H]([C@H](C)CCCC(C)C)[C@@]4(C)CC[C@@H]32)C1. The highest BCUT2D eigenvalue weighted by molar-refractivity contribution is 5.66. The Balaban J connectivity index is 1.56. The molecule has 9 atom stereocenters. The molecule has 0 N–H and O–H groups in total. The van der Waals surface area contributed by atoms with Gasteiger partial charge in [-0.1, -0.05) is 65.5 Å². The van der Waals surface area contributed by atoms with Crippen LogP contribution in [0.3, 0.4) is 0 Å². The zero-order valence-corrected chi connectivity index (χ0v) is 23.4. The molecule has 0 radical (unpaired) electrons. The summed E-state index contributed by atoms with van der Waals surface area (Å²) in [5.74, 6) is 3.48. The molecule has 2 unspecified atom stereocenters. The van der Waals surface area contributed by atoms with Crippen LogP contribution in [-0.4, -0.2) is 24.1 Å². The van der Waals surface area contributed by atoms with Gasteiger partial charge in [-0.15, -0.1) is 0 Å². The molecule has 0 spiro atoms. The average Bonchev–Trinajstić information content (AvgIpc) is 3.04. The van der Waals surface area contributed by atoms with Crippen molar-refractivity contribution < 1.29 is 19.1 Å². The van der Waals surface area contributed by atoms with Crippen molar-refractivity contribution in [2.45, 2.75) is 125 Å². The van der Waals surface area contributed by atoms with Gasteiger partial charge in [-0.05, 0) is 78.9 Å². The molecule has 0 bridgehead atoms. The fourth-order valence-corrected chi connectivity index (χ4v) is 9.37. The largest absolute Gasteiger partial charge is 0.462 e. The first kappa shape index (κ1) is 26.7. The van der Waals surface area contributed by atoms with Crippen molar-refractivity contribution in [3.63, 3.8) is 0 Å². The number of carbonyl (C=O) groups is 2. The van der Waals surface area contributed by atoms with Gasteiger partial charge in [-0.2, -0.15) is 0 Å². The van der Waals surface area contributed by atoms with E-state index >= 15 is 0 Å². The molecular weight excluding hydrogens is 436 g/mol. The average molecular weight is 487 g/mol. The zero-order valence-electron chi connectivity index (χ0n) is 23.4. The topological polar surface area (TPSA) is 52.6 Å². The van der Waals surface area contributed by atoms with Crippen LogP contribution in [-0.2, 0) is 19.1 Å². The van der Waals surface area contributed by atoms with Gasteiger partial charge < -0.3 is 9.47 Å². The van der Waals surface area contributed by atoms with Gasteiger partial charge in [0.1, 0.15) is 12.2 Å². The second-order valence-corrected chi connectivity index (χ2v) is 13.5. The monoisotopic (exact) mass is 486 g/mol. The molecule has 4 rings (SSSR count). The van der Waals surface area contributed by atoms with Crippen LogP contribution in [0.1, 0.15) is 113 Å². The zero-order chi connectivity index (χ0) is 25.5. The van der Waals surface area contributed by atoms with E-state index < -0.39 is 0 Å². The minimum absolute atomic E-state index is 0.0492. The Morgan fingerprint density at radius 2 is 1.71 bits per heavy atom. The number of fused-ring (bicyclic) bond motifs is 5. The third-order valence-corrected chi connectivity index (χ3v) is 10.8. The molecule has 3 fully saturated rings. The third kappa shape index (κ3) is 5.10. The van der Waals surface area contributed by atoms with Gasteiger partial charge in [0.25, 0.3) is 0 Å². The number of hydrogen-bond donors (Lipinski definition) is 0. The third-order valence-electron chi connectivity index (χ3n) is 10.8. The normalized spacial score (nSPS) is 41.3. The second kappa shape index (κ2) is 10.2. The van der Waals surface area contributed by atoms with Gasteiger partial charge in [-0.25, -0.2) is 0 Å². The van der Waals surface area contributed by atoms with Crippen LogP contribution in [0.4, 0.5) is 0 Å². The van der Waals surface area contributed by atoms with Gasteiger partial charge in [0.15, 0.2) is 0 Å². The number of ether oxygens (including phenoxy) is 2. The molecule has 0 heterocycles. The van der Waals surface area contributed by atoms with Crippen LogP contribution in [0.15, 0.2) is 11.6 Å². The van der Waals surface area contributed by atoms with E-state index in [1.54, 1.807) is 6.92 Å². The molecule has 4 heteroatoms. The summed E-state index contributed by atoms with van der Waals surface area (Å²) in [7, 11) is 0. The molecule has 4 nitrogen and oxygen atoms in total. The lowest BCUT2D eigenvalue weighted by Crippen LogP contribution is -2.51. The molecule has 35 heavy (non-hydrogen) atoms. The smallest absolute Gasteiger partial charge is 0.302 e. The number of hydrogen-bond acceptors (Lipinski definition) is 4. The summed E-state index contributed by atoms with van der Waals surface area (Å²) >= 11 is 0. The van der Waals surface area contributed by atoms with E-state index in [0.29, 0.717) is 29.6 Å². The second-order valence-electron chi connectivity index (χ2n) is 13.5. The van der Waals surface area contributed by atoms with Crippen LogP contribution >= 0.6 is 0 Å². The molecule has 198 valence electrons. The van der Waals surface area contributed by atoms with Gasteiger partial charge in [0.2, 0.25) is 0 Å². The molecule has 0 saturated heterocycles. The Hall–Kier alpha value is -1.32. The quantitative estimate of drug-likeness (QED) is 0.276. The van der Waals surface area contributed by atoms with E-state index in [0.717, 1.165) is 38.0 Å². The Bertz CT molecular complexity index is 830. The highest BCUT2D eigenvalue weighted by atomic mass is 16.5. The standard InChI is InChI=1S/C31H50O4/c1-19(2)9-8-10-20(3)29-28(35-22(5)33)18-27-25-12-11-23-17-24(34-21(4)32)13-15-30(23,6)26(25)14-16-31(27,29)7/h11,19-20,24-29H,8-10,12-18H2,1-7H3/t20-,24?,25-,26+,27+,28?,29+,30+,31+/m1/s1. The maximum absolute atomic E-state index is 12.1. The summed E-state index contributed by atoms with van der Waals surface area (Å²) in [5, 5.41) is 0. The van der Waals surface area contributed by atoms with Crippen LogP contribution in [0, 0.1) is 46.3 Å². The van der Waals surface area contributed by atoms with Crippen LogP contribution < -0.4 is 0 Å². The van der Waals surface area contributed by atoms with Crippen molar-refractivity contribution in [3.05, 3.63) is 11.6 Å².